The van der Waals surface area contributed by atoms with E-state index in [2.05, 4.69) is 34.6 Å². The molecule has 2 aliphatic heterocycles. The lowest BCUT2D eigenvalue weighted by molar-refractivity contribution is 0.113. The van der Waals surface area contributed by atoms with Gasteiger partial charge >= 0.3 is 0 Å². The van der Waals surface area contributed by atoms with Crippen LogP contribution in [0.5, 0.6) is 0 Å². The Morgan fingerprint density at radius 1 is 1.45 bits per heavy atom. The van der Waals surface area contributed by atoms with Gasteiger partial charge in [-0.2, -0.15) is 11.8 Å². The van der Waals surface area contributed by atoms with Gasteiger partial charge < -0.3 is 20.3 Å². The van der Waals surface area contributed by atoms with Crippen molar-refractivity contribution in [2.45, 2.75) is 30.9 Å². The molecular weight excluding hydrogens is 272 g/mol. The molecule has 2 rings (SSSR count). The van der Waals surface area contributed by atoms with E-state index >= 15 is 0 Å². The van der Waals surface area contributed by atoms with E-state index in [0.717, 1.165) is 32.1 Å². The second-order valence-electron chi connectivity index (χ2n) is 5.86. The SMILES string of the molecule is CN=C(NCC1CCCO1)NCC1(N(C)C)CCSC1. The summed E-state index contributed by atoms with van der Waals surface area (Å²) in [5.41, 5.74) is 0.256. The Morgan fingerprint density at radius 3 is 2.85 bits per heavy atom. The Bertz CT molecular complexity index is 323. The van der Waals surface area contributed by atoms with Crippen LogP contribution in [0.2, 0.25) is 0 Å². The van der Waals surface area contributed by atoms with Crippen molar-refractivity contribution in [2.24, 2.45) is 4.99 Å². The van der Waals surface area contributed by atoms with Crippen LogP contribution in [0, 0.1) is 0 Å². The van der Waals surface area contributed by atoms with Crippen LogP contribution in [0.4, 0.5) is 0 Å². The average Bonchev–Trinajstić information content (AvgIpc) is 3.10. The minimum absolute atomic E-state index is 0.256. The van der Waals surface area contributed by atoms with E-state index in [1.807, 2.05) is 18.8 Å². The van der Waals surface area contributed by atoms with Gasteiger partial charge in [0.25, 0.3) is 0 Å². The Balaban J connectivity index is 1.77. The highest BCUT2D eigenvalue weighted by atomic mass is 32.2. The van der Waals surface area contributed by atoms with Gasteiger partial charge in [0.1, 0.15) is 0 Å². The fourth-order valence-corrected chi connectivity index (χ4v) is 4.28. The molecule has 6 heteroatoms. The fraction of sp³-hybridized carbons (Fsp3) is 0.929. The first-order chi connectivity index (χ1) is 9.66. The minimum Gasteiger partial charge on any atom is -0.376 e. The van der Waals surface area contributed by atoms with E-state index in [1.54, 1.807) is 0 Å². The fourth-order valence-electron chi connectivity index (χ4n) is 2.73. The standard InChI is InChI=1S/C14H28N4OS/c1-15-13(16-9-12-5-4-7-19-12)17-10-14(18(2)3)6-8-20-11-14/h12H,4-11H2,1-3H3,(H2,15,16,17). The van der Waals surface area contributed by atoms with Crippen molar-refractivity contribution in [3.8, 4) is 0 Å². The first-order valence-corrected chi connectivity index (χ1v) is 8.63. The summed E-state index contributed by atoms with van der Waals surface area (Å²) in [6.07, 6.45) is 3.92. The van der Waals surface area contributed by atoms with Crippen LogP contribution in [0.1, 0.15) is 19.3 Å². The molecule has 0 amide bonds. The van der Waals surface area contributed by atoms with Gasteiger partial charge in [-0.25, -0.2) is 0 Å². The van der Waals surface area contributed by atoms with E-state index in [0.29, 0.717) is 6.10 Å². The average molecular weight is 300 g/mol. The number of likely N-dealkylation sites (N-methyl/N-ethyl adjacent to an activating group) is 1. The van der Waals surface area contributed by atoms with E-state index < -0.39 is 0 Å². The Hall–Kier alpha value is -0.460. The van der Waals surface area contributed by atoms with Gasteiger partial charge in [0, 0.05) is 38.0 Å². The smallest absolute Gasteiger partial charge is 0.191 e. The van der Waals surface area contributed by atoms with Crippen molar-refractivity contribution >= 4 is 17.7 Å². The highest BCUT2D eigenvalue weighted by molar-refractivity contribution is 7.99. The molecule has 2 unspecified atom stereocenters. The number of rotatable bonds is 5. The molecule has 0 spiro atoms. The minimum atomic E-state index is 0.256. The van der Waals surface area contributed by atoms with Gasteiger partial charge in [-0.1, -0.05) is 0 Å². The molecule has 116 valence electrons. The number of hydrogen-bond acceptors (Lipinski definition) is 4. The molecule has 0 aliphatic carbocycles. The van der Waals surface area contributed by atoms with Crippen molar-refractivity contribution in [1.82, 2.24) is 15.5 Å². The summed E-state index contributed by atoms with van der Waals surface area (Å²) < 4.78 is 5.63. The zero-order valence-electron chi connectivity index (χ0n) is 12.9. The maximum absolute atomic E-state index is 5.63. The number of nitrogens with zero attached hydrogens (tertiary/aromatic N) is 2. The number of hydrogen-bond donors (Lipinski definition) is 2. The highest BCUT2D eigenvalue weighted by Gasteiger charge is 2.36. The van der Waals surface area contributed by atoms with Gasteiger partial charge in [-0.3, -0.25) is 4.99 Å². The van der Waals surface area contributed by atoms with Gasteiger partial charge in [0.15, 0.2) is 5.96 Å². The molecule has 2 N–H and O–H groups in total. The number of thioether (sulfide) groups is 1. The molecule has 0 radical (unpaired) electrons. The normalized spacial score (nSPS) is 31.0. The van der Waals surface area contributed by atoms with Gasteiger partial charge in [0.2, 0.25) is 0 Å². The quantitative estimate of drug-likeness (QED) is 0.580. The maximum Gasteiger partial charge on any atom is 0.191 e. The molecule has 2 fully saturated rings. The molecule has 5 nitrogen and oxygen atoms in total. The summed E-state index contributed by atoms with van der Waals surface area (Å²) >= 11 is 2.04. The number of aliphatic imine (C=N–C) groups is 1. The van der Waals surface area contributed by atoms with E-state index in [9.17, 15) is 0 Å². The number of guanidine groups is 1. The second-order valence-corrected chi connectivity index (χ2v) is 6.97. The third-order valence-corrected chi connectivity index (χ3v) is 5.60. The molecule has 2 atom stereocenters. The third-order valence-electron chi connectivity index (χ3n) is 4.36. The molecule has 0 aromatic heterocycles. The molecule has 20 heavy (non-hydrogen) atoms. The van der Waals surface area contributed by atoms with Gasteiger partial charge in [-0.15, -0.1) is 0 Å². The van der Waals surface area contributed by atoms with Crippen molar-refractivity contribution in [2.75, 3.05) is 52.3 Å². The van der Waals surface area contributed by atoms with Gasteiger partial charge in [-0.05, 0) is 39.1 Å². The lowest BCUT2D eigenvalue weighted by Crippen LogP contribution is -2.55. The summed E-state index contributed by atoms with van der Waals surface area (Å²) in [6, 6.07) is 0. The predicted molar refractivity (Wildman–Crippen MR) is 86.7 cm³/mol. The summed E-state index contributed by atoms with van der Waals surface area (Å²) in [6.45, 7) is 2.70. The zero-order chi connectivity index (χ0) is 14.4. The topological polar surface area (TPSA) is 48.9 Å². The van der Waals surface area contributed by atoms with Gasteiger partial charge in [0.05, 0.1) is 6.10 Å². The van der Waals surface area contributed by atoms with Crippen LogP contribution in [0.25, 0.3) is 0 Å². The van der Waals surface area contributed by atoms with Crippen molar-refractivity contribution < 1.29 is 4.74 Å². The van der Waals surface area contributed by atoms with Crippen molar-refractivity contribution in [3.63, 3.8) is 0 Å². The zero-order valence-corrected chi connectivity index (χ0v) is 13.8. The predicted octanol–water partition coefficient (Wildman–Crippen LogP) is 0.768. The Labute approximate surface area is 126 Å². The van der Waals surface area contributed by atoms with Crippen LogP contribution in [0.15, 0.2) is 4.99 Å². The van der Waals surface area contributed by atoms with Crippen LogP contribution >= 0.6 is 11.8 Å². The molecule has 0 saturated carbocycles. The monoisotopic (exact) mass is 300 g/mol. The lowest BCUT2D eigenvalue weighted by Gasteiger charge is -2.36. The van der Waals surface area contributed by atoms with E-state index in [1.165, 1.54) is 24.3 Å². The Kier molecular flexibility index (Phi) is 5.99. The summed E-state index contributed by atoms with van der Waals surface area (Å²) in [5, 5.41) is 6.87. The third kappa shape index (κ3) is 4.02. The van der Waals surface area contributed by atoms with Crippen LogP contribution in [-0.2, 0) is 4.74 Å². The summed E-state index contributed by atoms with van der Waals surface area (Å²) in [7, 11) is 6.18. The van der Waals surface area contributed by atoms with Crippen molar-refractivity contribution in [1.29, 1.82) is 0 Å². The Morgan fingerprint density at radius 2 is 2.30 bits per heavy atom. The molecule has 0 aromatic carbocycles. The van der Waals surface area contributed by atoms with Crippen molar-refractivity contribution in [3.05, 3.63) is 0 Å². The first-order valence-electron chi connectivity index (χ1n) is 7.47. The lowest BCUT2D eigenvalue weighted by atomic mass is 9.97. The highest BCUT2D eigenvalue weighted by Crippen LogP contribution is 2.31. The first kappa shape index (κ1) is 15.9. The molecule has 2 heterocycles. The van der Waals surface area contributed by atoms with E-state index in [4.69, 9.17) is 4.74 Å². The number of ether oxygens (including phenoxy) is 1. The maximum atomic E-state index is 5.63. The van der Waals surface area contributed by atoms with Crippen LogP contribution in [0.3, 0.4) is 0 Å². The molecule has 0 aromatic rings. The number of nitrogens with one attached hydrogen (secondary N) is 2. The van der Waals surface area contributed by atoms with Crippen LogP contribution in [-0.4, -0.2) is 74.8 Å². The molecule has 2 saturated heterocycles. The molecular formula is C14H28N4OS. The van der Waals surface area contributed by atoms with E-state index in [-0.39, 0.29) is 5.54 Å². The summed E-state index contributed by atoms with van der Waals surface area (Å²) in [5.74, 6) is 3.33. The second kappa shape index (κ2) is 7.52. The summed E-state index contributed by atoms with van der Waals surface area (Å²) in [4.78, 5) is 6.67. The largest absolute Gasteiger partial charge is 0.376 e. The molecule has 0 bridgehead atoms. The van der Waals surface area contributed by atoms with Crippen LogP contribution < -0.4 is 10.6 Å². The molecule has 2 aliphatic rings.